The second-order valence-corrected chi connectivity index (χ2v) is 3.04. The lowest BCUT2D eigenvalue weighted by Crippen LogP contribution is -2.16. The third kappa shape index (κ3) is 1.48. The van der Waals surface area contributed by atoms with Gasteiger partial charge in [-0.2, -0.15) is 0 Å². The van der Waals surface area contributed by atoms with Crippen LogP contribution in [-0.2, 0) is 11.3 Å². The van der Waals surface area contributed by atoms with Crippen LogP contribution < -0.4 is 10.5 Å². The molecule has 0 amide bonds. The molecule has 1 aliphatic heterocycles. The van der Waals surface area contributed by atoms with Gasteiger partial charge in [0.05, 0.1) is 12.3 Å². The number of rotatable bonds is 1. The number of nitrogens with two attached hydrogens (primary N) is 1. The van der Waals surface area contributed by atoms with Gasteiger partial charge < -0.3 is 20.3 Å². The number of aromatic carboxylic acids is 1. The summed E-state index contributed by atoms with van der Waals surface area (Å²) in [7, 11) is 0. The van der Waals surface area contributed by atoms with Gasteiger partial charge in [0, 0.05) is 5.56 Å². The summed E-state index contributed by atoms with van der Waals surface area (Å²) in [4.78, 5) is 10.7. The number of carboxylic acid groups (broad SMARTS) is 1. The van der Waals surface area contributed by atoms with Crippen molar-refractivity contribution in [2.75, 3.05) is 12.5 Å². The van der Waals surface area contributed by atoms with E-state index in [1.165, 1.54) is 0 Å². The molecule has 80 valence electrons. The summed E-state index contributed by atoms with van der Waals surface area (Å²) < 4.78 is 23.4. The number of hydrogen-bond donors (Lipinski definition) is 2. The van der Waals surface area contributed by atoms with Gasteiger partial charge in [-0.3, -0.25) is 0 Å². The smallest absolute Gasteiger partial charge is 0.338 e. The predicted octanol–water partition coefficient (Wildman–Crippen LogP) is 0.973. The van der Waals surface area contributed by atoms with Crippen molar-refractivity contribution in [1.82, 2.24) is 0 Å². The highest BCUT2D eigenvalue weighted by atomic mass is 19.1. The third-order valence-corrected chi connectivity index (χ3v) is 2.15. The van der Waals surface area contributed by atoms with Crippen LogP contribution in [0.2, 0.25) is 0 Å². The zero-order valence-electron chi connectivity index (χ0n) is 7.62. The Balaban J connectivity index is 2.63. The second kappa shape index (κ2) is 3.39. The zero-order chi connectivity index (χ0) is 11.0. The first-order valence-corrected chi connectivity index (χ1v) is 4.16. The molecule has 0 spiro atoms. The van der Waals surface area contributed by atoms with E-state index in [-0.39, 0.29) is 24.8 Å². The van der Waals surface area contributed by atoms with E-state index in [0.717, 1.165) is 6.07 Å². The predicted molar refractivity (Wildman–Crippen MR) is 48.1 cm³/mol. The number of halogens is 1. The minimum Gasteiger partial charge on any atom is -0.478 e. The fourth-order valence-corrected chi connectivity index (χ4v) is 1.37. The molecular weight excluding hydrogens is 205 g/mol. The maximum Gasteiger partial charge on any atom is 0.338 e. The Kier molecular flexibility index (Phi) is 2.20. The topological polar surface area (TPSA) is 81.8 Å². The number of nitrogen functional groups attached to an aromatic ring is 1. The molecule has 1 aliphatic rings. The SMILES string of the molecule is Nc1c(F)c(C(=O)O)cc2c1COCO2. The molecule has 2 rings (SSSR count). The van der Waals surface area contributed by atoms with E-state index in [4.69, 9.17) is 20.3 Å². The Morgan fingerprint density at radius 1 is 1.60 bits per heavy atom. The number of carboxylic acids is 1. The Bertz CT molecular complexity index is 433. The summed E-state index contributed by atoms with van der Waals surface area (Å²) in [6, 6.07) is 1.12. The van der Waals surface area contributed by atoms with E-state index in [1.54, 1.807) is 0 Å². The maximum absolute atomic E-state index is 13.4. The van der Waals surface area contributed by atoms with Crippen LogP contribution in [0.15, 0.2) is 6.07 Å². The largest absolute Gasteiger partial charge is 0.478 e. The summed E-state index contributed by atoms with van der Waals surface area (Å²) in [5.41, 5.74) is 5.07. The molecule has 0 radical (unpaired) electrons. The average Bonchev–Trinajstić information content (AvgIpc) is 2.23. The van der Waals surface area contributed by atoms with Gasteiger partial charge in [0.25, 0.3) is 0 Å². The van der Waals surface area contributed by atoms with Gasteiger partial charge in [-0.05, 0) is 6.07 Å². The fourth-order valence-electron chi connectivity index (χ4n) is 1.37. The highest BCUT2D eigenvalue weighted by Gasteiger charge is 2.23. The fraction of sp³-hybridized carbons (Fsp3) is 0.222. The molecule has 0 fully saturated rings. The van der Waals surface area contributed by atoms with Gasteiger partial charge >= 0.3 is 5.97 Å². The third-order valence-electron chi connectivity index (χ3n) is 2.15. The lowest BCUT2D eigenvalue weighted by atomic mass is 10.1. The number of benzene rings is 1. The molecule has 5 nitrogen and oxygen atoms in total. The molecule has 1 aromatic rings. The Labute approximate surface area is 84.2 Å². The summed E-state index contributed by atoms with van der Waals surface area (Å²) in [5.74, 6) is -2.06. The van der Waals surface area contributed by atoms with Gasteiger partial charge in [-0.1, -0.05) is 0 Å². The summed E-state index contributed by atoms with van der Waals surface area (Å²) in [5, 5.41) is 8.71. The van der Waals surface area contributed by atoms with Crippen LogP contribution >= 0.6 is 0 Å². The van der Waals surface area contributed by atoms with Crippen LogP contribution in [0.5, 0.6) is 5.75 Å². The van der Waals surface area contributed by atoms with E-state index >= 15 is 0 Å². The molecule has 6 heteroatoms. The molecule has 0 unspecified atom stereocenters. The number of ether oxygens (including phenoxy) is 2. The van der Waals surface area contributed by atoms with Crippen LogP contribution in [0.4, 0.5) is 10.1 Å². The Hall–Kier alpha value is -1.82. The monoisotopic (exact) mass is 213 g/mol. The van der Waals surface area contributed by atoms with Crippen molar-refractivity contribution in [2.45, 2.75) is 6.61 Å². The lowest BCUT2D eigenvalue weighted by molar-refractivity contribution is -0.0162. The van der Waals surface area contributed by atoms with Crippen molar-refractivity contribution in [3.63, 3.8) is 0 Å². The quantitative estimate of drug-likeness (QED) is 0.679. The van der Waals surface area contributed by atoms with Crippen LogP contribution in [0.25, 0.3) is 0 Å². The molecular formula is C9H8FNO4. The molecule has 0 atom stereocenters. The number of fused-ring (bicyclic) bond motifs is 1. The van der Waals surface area contributed by atoms with Crippen molar-refractivity contribution in [3.8, 4) is 5.75 Å². The Morgan fingerprint density at radius 2 is 2.33 bits per heavy atom. The van der Waals surface area contributed by atoms with E-state index in [0.29, 0.717) is 5.56 Å². The highest BCUT2D eigenvalue weighted by molar-refractivity contribution is 5.90. The van der Waals surface area contributed by atoms with Gasteiger partial charge in [0.15, 0.2) is 12.6 Å². The van der Waals surface area contributed by atoms with Crippen LogP contribution in [0, 0.1) is 5.82 Å². The van der Waals surface area contributed by atoms with Gasteiger partial charge in [-0.25, -0.2) is 9.18 Å². The van der Waals surface area contributed by atoms with E-state index in [2.05, 4.69) is 0 Å². The standard InChI is InChI=1S/C9H8FNO4/c10-7-4(9(12)13)1-6-5(8(7)11)2-14-3-15-6/h1H,2-3,11H2,(H,12,13). The number of carbonyl (C=O) groups is 1. The van der Waals surface area contributed by atoms with E-state index in [9.17, 15) is 9.18 Å². The second-order valence-electron chi connectivity index (χ2n) is 3.04. The maximum atomic E-state index is 13.4. The van der Waals surface area contributed by atoms with Gasteiger partial charge in [0.1, 0.15) is 11.3 Å². The van der Waals surface area contributed by atoms with Crippen molar-refractivity contribution >= 4 is 11.7 Å². The average molecular weight is 213 g/mol. The molecule has 0 aromatic heterocycles. The van der Waals surface area contributed by atoms with E-state index in [1.807, 2.05) is 0 Å². The first-order valence-electron chi connectivity index (χ1n) is 4.16. The summed E-state index contributed by atoms with van der Waals surface area (Å²) in [6.45, 7) is 0.134. The number of hydrogen-bond acceptors (Lipinski definition) is 4. The van der Waals surface area contributed by atoms with E-state index < -0.39 is 17.3 Å². The summed E-state index contributed by atoms with van der Waals surface area (Å²) >= 11 is 0. The molecule has 3 N–H and O–H groups in total. The molecule has 1 heterocycles. The lowest BCUT2D eigenvalue weighted by Gasteiger charge is -2.20. The van der Waals surface area contributed by atoms with Crippen molar-refractivity contribution in [3.05, 3.63) is 23.0 Å². The first kappa shape index (κ1) is 9.72. The minimum absolute atomic E-state index is 0.0110. The zero-order valence-corrected chi connectivity index (χ0v) is 7.62. The molecule has 0 saturated carbocycles. The Morgan fingerprint density at radius 3 is 3.00 bits per heavy atom. The van der Waals surface area contributed by atoms with Crippen LogP contribution in [-0.4, -0.2) is 17.9 Å². The molecule has 0 bridgehead atoms. The molecule has 1 aromatic carbocycles. The first-order chi connectivity index (χ1) is 7.11. The highest BCUT2D eigenvalue weighted by Crippen LogP contribution is 2.33. The van der Waals surface area contributed by atoms with Crippen LogP contribution in [0.3, 0.4) is 0 Å². The van der Waals surface area contributed by atoms with Crippen molar-refractivity contribution < 1.29 is 23.8 Å². The van der Waals surface area contributed by atoms with Crippen molar-refractivity contribution in [2.24, 2.45) is 0 Å². The molecule has 0 aliphatic carbocycles. The van der Waals surface area contributed by atoms with Gasteiger partial charge in [-0.15, -0.1) is 0 Å². The van der Waals surface area contributed by atoms with Crippen LogP contribution in [0.1, 0.15) is 15.9 Å². The normalized spacial score (nSPS) is 14.2. The summed E-state index contributed by atoms with van der Waals surface area (Å²) in [6.07, 6.45) is 0. The minimum atomic E-state index is -1.38. The number of anilines is 1. The molecule has 0 saturated heterocycles. The van der Waals surface area contributed by atoms with Crippen molar-refractivity contribution in [1.29, 1.82) is 0 Å². The molecule has 15 heavy (non-hydrogen) atoms. The van der Waals surface area contributed by atoms with Gasteiger partial charge in [0.2, 0.25) is 0 Å².